The van der Waals surface area contributed by atoms with Gasteiger partial charge in [0.1, 0.15) is 5.76 Å². The van der Waals surface area contributed by atoms with Crippen LogP contribution in [0, 0.1) is 19.3 Å². The van der Waals surface area contributed by atoms with Crippen LogP contribution in [0.3, 0.4) is 0 Å². The van der Waals surface area contributed by atoms with E-state index in [2.05, 4.69) is 5.92 Å². The molecular formula is C9H10O. The van der Waals surface area contributed by atoms with Crippen LogP contribution in [0.4, 0.5) is 0 Å². The van der Waals surface area contributed by atoms with Crippen LogP contribution < -0.4 is 0 Å². The lowest BCUT2D eigenvalue weighted by Crippen LogP contribution is -1.87. The molecule has 10 heavy (non-hydrogen) atoms. The molecule has 1 aromatic heterocycles. The van der Waals surface area contributed by atoms with E-state index in [1.165, 1.54) is 0 Å². The minimum Gasteiger partial charge on any atom is -0.468 e. The SMILES string of the molecule is C#CC(C)c1occc1C. The number of terminal acetylenes is 1. The zero-order chi connectivity index (χ0) is 7.56. The van der Waals surface area contributed by atoms with E-state index in [1.54, 1.807) is 6.26 Å². The van der Waals surface area contributed by atoms with Crippen molar-refractivity contribution in [3.63, 3.8) is 0 Å². The maximum Gasteiger partial charge on any atom is 0.121 e. The van der Waals surface area contributed by atoms with Crippen LogP contribution in [-0.4, -0.2) is 0 Å². The molecule has 1 aromatic rings. The average molecular weight is 134 g/mol. The van der Waals surface area contributed by atoms with Crippen LogP contribution in [-0.2, 0) is 0 Å². The first kappa shape index (κ1) is 6.95. The number of aryl methyl sites for hydroxylation is 1. The summed E-state index contributed by atoms with van der Waals surface area (Å²) in [6, 6.07) is 1.92. The fourth-order valence-electron chi connectivity index (χ4n) is 0.904. The van der Waals surface area contributed by atoms with E-state index >= 15 is 0 Å². The zero-order valence-corrected chi connectivity index (χ0v) is 6.22. The summed E-state index contributed by atoms with van der Waals surface area (Å²) in [6.45, 7) is 3.94. The minimum atomic E-state index is 0.0926. The van der Waals surface area contributed by atoms with E-state index in [0.717, 1.165) is 11.3 Å². The summed E-state index contributed by atoms with van der Waals surface area (Å²) in [6.07, 6.45) is 6.89. The molecule has 1 atom stereocenters. The Morgan fingerprint density at radius 2 is 2.40 bits per heavy atom. The fourth-order valence-corrected chi connectivity index (χ4v) is 0.904. The Morgan fingerprint density at radius 1 is 1.70 bits per heavy atom. The maximum atomic E-state index is 5.22. The molecule has 1 heteroatoms. The molecule has 0 amide bonds. The molecule has 0 fully saturated rings. The molecule has 0 radical (unpaired) electrons. The van der Waals surface area contributed by atoms with Crippen molar-refractivity contribution in [2.75, 3.05) is 0 Å². The van der Waals surface area contributed by atoms with E-state index in [0.29, 0.717) is 0 Å². The van der Waals surface area contributed by atoms with Gasteiger partial charge in [-0.2, -0.15) is 0 Å². The Kier molecular flexibility index (Phi) is 1.82. The summed E-state index contributed by atoms with van der Waals surface area (Å²) in [4.78, 5) is 0. The second-order valence-electron chi connectivity index (χ2n) is 2.36. The predicted octanol–water partition coefficient (Wildman–Crippen LogP) is 2.32. The average Bonchev–Trinajstić information content (AvgIpc) is 2.34. The van der Waals surface area contributed by atoms with Crippen LogP contribution in [0.1, 0.15) is 24.2 Å². The third-order valence-electron chi connectivity index (χ3n) is 1.54. The van der Waals surface area contributed by atoms with Gasteiger partial charge >= 0.3 is 0 Å². The lowest BCUT2D eigenvalue weighted by Gasteiger charge is -1.98. The van der Waals surface area contributed by atoms with E-state index < -0.39 is 0 Å². The minimum absolute atomic E-state index is 0.0926. The molecule has 1 unspecified atom stereocenters. The van der Waals surface area contributed by atoms with Crippen molar-refractivity contribution in [3.8, 4) is 12.3 Å². The molecule has 0 aromatic carbocycles. The maximum absolute atomic E-state index is 5.22. The highest BCUT2D eigenvalue weighted by Crippen LogP contribution is 2.18. The highest BCUT2D eigenvalue weighted by molar-refractivity contribution is 5.23. The normalized spacial score (nSPS) is 12.5. The number of hydrogen-bond donors (Lipinski definition) is 0. The Morgan fingerprint density at radius 3 is 2.80 bits per heavy atom. The largest absolute Gasteiger partial charge is 0.468 e. The molecule has 0 saturated heterocycles. The van der Waals surface area contributed by atoms with Gasteiger partial charge in [0.2, 0.25) is 0 Å². The van der Waals surface area contributed by atoms with Gasteiger partial charge in [-0.3, -0.25) is 0 Å². The van der Waals surface area contributed by atoms with Crippen molar-refractivity contribution in [1.82, 2.24) is 0 Å². The molecule has 0 saturated carbocycles. The van der Waals surface area contributed by atoms with Gasteiger partial charge in [0.05, 0.1) is 12.2 Å². The van der Waals surface area contributed by atoms with Crippen molar-refractivity contribution < 1.29 is 4.42 Å². The molecule has 0 N–H and O–H groups in total. The van der Waals surface area contributed by atoms with E-state index in [1.807, 2.05) is 19.9 Å². The first-order chi connectivity index (χ1) is 4.75. The first-order valence-corrected chi connectivity index (χ1v) is 3.26. The van der Waals surface area contributed by atoms with E-state index in [-0.39, 0.29) is 5.92 Å². The lowest BCUT2D eigenvalue weighted by atomic mass is 10.1. The van der Waals surface area contributed by atoms with Crippen LogP contribution in [0.15, 0.2) is 16.7 Å². The first-order valence-electron chi connectivity index (χ1n) is 3.26. The topological polar surface area (TPSA) is 13.1 Å². The standard InChI is InChI=1S/C9H10O/c1-4-7(2)9-8(3)5-6-10-9/h1,5-7H,2-3H3. The molecule has 0 spiro atoms. The van der Waals surface area contributed by atoms with Crippen LogP contribution >= 0.6 is 0 Å². The van der Waals surface area contributed by atoms with Gasteiger partial charge in [-0.05, 0) is 25.5 Å². The summed E-state index contributed by atoms with van der Waals surface area (Å²) >= 11 is 0. The molecule has 1 nitrogen and oxygen atoms in total. The summed E-state index contributed by atoms with van der Waals surface area (Å²) < 4.78 is 5.17. The fraction of sp³-hybridized carbons (Fsp3) is 0.333. The van der Waals surface area contributed by atoms with Crippen molar-refractivity contribution >= 4 is 0 Å². The molecule has 0 bridgehead atoms. The molecule has 0 aliphatic rings. The molecule has 52 valence electrons. The highest BCUT2D eigenvalue weighted by atomic mass is 16.3. The van der Waals surface area contributed by atoms with Gasteiger partial charge in [0.15, 0.2) is 0 Å². The van der Waals surface area contributed by atoms with Crippen molar-refractivity contribution in [1.29, 1.82) is 0 Å². The third-order valence-corrected chi connectivity index (χ3v) is 1.54. The van der Waals surface area contributed by atoms with Crippen molar-refractivity contribution in [3.05, 3.63) is 23.7 Å². The number of furan rings is 1. The summed E-state index contributed by atoms with van der Waals surface area (Å²) in [5.74, 6) is 3.61. The van der Waals surface area contributed by atoms with Gasteiger partial charge < -0.3 is 4.42 Å². The molecule has 1 heterocycles. The smallest absolute Gasteiger partial charge is 0.121 e. The van der Waals surface area contributed by atoms with Gasteiger partial charge in [-0.25, -0.2) is 0 Å². The Bertz CT molecular complexity index is 252. The van der Waals surface area contributed by atoms with Crippen molar-refractivity contribution in [2.45, 2.75) is 19.8 Å². The highest BCUT2D eigenvalue weighted by Gasteiger charge is 2.07. The Balaban J connectivity index is 2.96. The molecule has 1 rings (SSSR count). The van der Waals surface area contributed by atoms with Gasteiger partial charge in [-0.15, -0.1) is 6.42 Å². The monoisotopic (exact) mass is 134 g/mol. The second-order valence-corrected chi connectivity index (χ2v) is 2.36. The predicted molar refractivity (Wildman–Crippen MR) is 40.7 cm³/mol. The van der Waals surface area contributed by atoms with E-state index in [4.69, 9.17) is 10.8 Å². The summed E-state index contributed by atoms with van der Waals surface area (Å²) in [5.41, 5.74) is 1.13. The molecule has 0 aliphatic heterocycles. The van der Waals surface area contributed by atoms with Crippen LogP contribution in [0.25, 0.3) is 0 Å². The Labute approximate surface area is 61.0 Å². The van der Waals surface area contributed by atoms with E-state index in [9.17, 15) is 0 Å². The quantitative estimate of drug-likeness (QED) is 0.537. The Hall–Kier alpha value is -1.16. The van der Waals surface area contributed by atoms with Crippen LogP contribution in [0.5, 0.6) is 0 Å². The van der Waals surface area contributed by atoms with Crippen LogP contribution in [0.2, 0.25) is 0 Å². The number of hydrogen-bond acceptors (Lipinski definition) is 1. The molecular weight excluding hydrogens is 124 g/mol. The summed E-state index contributed by atoms with van der Waals surface area (Å²) in [5, 5.41) is 0. The molecule has 0 aliphatic carbocycles. The van der Waals surface area contributed by atoms with Gasteiger partial charge in [-0.1, -0.05) is 5.92 Å². The zero-order valence-electron chi connectivity index (χ0n) is 6.22. The summed E-state index contributed by atoms with van der Waals surface area (Å²) in [7, 11) is 0. The third kappa shape index (κ3) is 1.06. The van der Waals surface area contributed by atoms with Gasteiger partial charge in [0.25, 0.3) is 0 Å². The van der Waals surface area contributed by atoms with Gasteiger partial charge in [0, 0.05) is 0 Å². The number of rotatable bonds is 1. The second kappa shape index (κ2) is 2.62. The van der Waals surface area contributed by atoms with Crippen molar-refractivity contribution in [2.24, 2.45) is 0 Å². The lowest BCUT2D eigenvalue weighted by molar-refractivity contribution is 0.500.